The van der Waals surface area contributed by atoms with Crippen molar-refractivity contribution in [3.63, 3.8) is 0 Å². The summed E-state index contributed by atoms with van der Waals surface area (Å²) in [5.74, 6) is -0.211. The Bertz CT molecular complexity index is 522. The van der Waals surface area contributed by atoms with Crippen LogP contribution in [-0.2, 0) is 6.54 Å². The van der Waals surface area contributed by atoms with Gasteiger partial charge in [-0.1, -0.05) is 20.3 Å². The highest BCUT2D eigenvalue weighted by Gasteiger charge is 2.08. The molecule has 20 heavy (non-hydrogen) atoms. The molecule has 1 aromatic carbocycles. The predicted molar refractivity (Wildman–Crippen MR) is 83.3 cm³/mol. The average Bonchev–Trinajstić information content (AvgIpc) is 2.93. The summed E-state index contributed by atoms with van der Waals surface area (Å²) >= 11 is 1.61. The van der Waals surface area contributed by atoms with E-state index in [1.165, 1.54) is 25.0 Å². The molecule has 1 N–H and O–H groups in total. The van der Waals surface area contributed by atoms with Crippen molar-refractivity contribution in [3.8, 4) is 10.6 Å². The van der Waals surface area contributed by atoms with E-state index in [2.05, 4.69) is 29.5 Å². The maximum Gasteiger partial charge on any atom is 0.123 e. The van der Waals surface area contributed by atoms with Crippen LogP contribution in [0.15, 0.2) is 29.6 Å². The van der Waals surface area contributed by atoms with E-state index in [4.69, 9.17) is 0 Å². The van der Waals surface area contributed by atoms with E-state index in [9.17, 15) is 4.39 Å². The monoisotopic (exact) mass is 292 g/mol. The lowest BCUT2D eigenvalue weighted by Gasteiger charge is -2.14. The van der Waals surface area contributed by atoms with E-state index in [0.29, 0.717) is 6.04 Å². The highest BCUT2D eigenvalue weighted by atomic mass is 32.1. The Morgan fingerprint density at radius 2 is 2.00 bits per heavy atom. The van der Waals surface area contributed by atoms with E-state index in [0.717, 1.165) is 29.2 Å². The topological polar surface area (TPSA) is 24.9 Å². The van der Waals surface area contributed by atoms with E-state index in [1.807, 2.05) is 0 Å². The van der Waals surface area contributed by atoms with Crippen molar-refractivity contribution < 1.29 is 4.39 Å². The van der Waals surface area contributed by atoms with Crippen molar-refractivity contribution in [2.75, 3.05) is 0 Å². The number of thiazole rings is 1. The van der Waals surface area contributed by atoms with E-state index < -0.39 is 0 Å². The van der Waals surface area contributed by atoms with Crippen LogP contribution in [0.25, 0.3) is 10.6 Å². The molecule has 1 atom stereocenters. The van der Waals surface area contributed by atoms with Crippen LogP contribution in [0.1, 0.15) is 38.8 Å². The lowest BCUT2D eigenvalue weighted by atomic mass is 10.1. The summed E-state index contributed by atoms with van der Waals surface area (Å²) in [4.78, 5) is 4.61. The second-order valence-corrected chi connectivity index (χ2v) is 5.78. The lowest BCUT2D eigenvalue weighted by Crippen LogP contribution is -2.27. The first-order chi connectivity index (χ1) is 9.72. The van der Waals surface area contributed by atoms with Crippen LogP contribution < -0.4 is 5.32 Å². The van der Waals surface area contributed by atoms with Crippen LogP contribution in [0.4, 0.5) is 4.39 Å². The summed E-state index contributed by atoms with van der Waals surface area (Å²) < 4.78 is 12.9. The molecule has 0 fully saturated rings. The minimum absolute atomic E-state index is 0.211. The number of hydrogen-bond acceptors (Lipinski definition) is 3. The van der Waals surface area contributed by atoms with Gasteiger partial charge >= 0.3 is 0 Å². The van der Waals surface area contributed by atoms with Gasteiger partial charge in [-0.25, -0.2) is 9.37 Å². The van der Waals surface area contributed by atoms with E-state index in [1.54, 1.807) is 23.5 Å². The smallest absolute Gasteiger partial charge is 0.123 e. The number of nitrogens with one attached hydrogen (secondary N) is 1. The molecule has 0 amide bonds. The zero-order valence-corrected chi connectivity index (χ0v) is 12.8. The first kappa shape index (κ1) is 15.1. The molecule has 0 aliphatic heterocycles. The Labute approximate surface area is 124 Å². The van der Waals surface area contributed by atoms with Gasteiger partial charge in [-0.15, -0.1) is 11.3 Å². The summed E-state index contributed by atoms with van der Waals surface area (Å²) in [6, 6.07) is 7.07. The van der Waals surface area contributed by atoms with Crippen molar-refractivity contribution >= 4 is 11.3 Å². The number of nitrogens with zero attached hydrogens (tertiary/aromatic N) is 1. The predicted octanol–water partition coefficient (Wildman–Crippen LogP) is 4.62. The molecule has 2 aromatic rings. The maximum atomic E-state index is 12.9. The SMILES string of the molecule is CCCC(CC)NCc1csc(-c2ccc(F)cc2)n1. The molecule has 0 radical (unpaired) electrons. The number of rotatable bonds is 7. The quantitative estimate of drug-likeness (QED) is 0.805. The highest BCUT2D eigenvalue weighted by Crippen LogP contribution is 2.23. The van der Waals surface area contributed by atoms with Gasteiger partial charge in [0.25, 0.3) is 0 Å². The third-order valence-electron chi connectivity index (χ3n) is 3.34. The summed E-state index contributed by atoms with van der Waals surface area (Å²) in [5, 5.41) is 6.57. The number of hydrogen-bond donors (Lipinski definition) is 1. The van der Waals surface area contributed by atoms with E-state index >= 15 is 0 Å². The van der Waals surface area contributed by atoms with Crippen LogP contribution in [0.2, 0.25) is 0 Å². The number of benzene rings is 1. The molecule has 1 aromatic heterocycles. The Hall–Kier alpha value is -1.26. The molecule has 2 rings (SSSR count). The van der Waals surface area contributed by atoms with Gasteiger partial charge in [0.1, 0.15) is 10.8 Å². The van der Waals surface area contributed by atoms with Gasteiger partial charge in [0.05, 0.1) is 5.69 Å². The van der Waals surface area contributed by atoms with Crippen molar-refractivity contribution in [3.05, 3.63) is 41.2 Å². The normalized spacial score (nSPS) is 12.6. The van der Waals surface area contributed by atoms with Gasteiger partial charge in [-0.2, -0.15) is 0 Å². The lowest BCUT2D eigenvalue weighted by molar-refractivity contribution is 0.460. The third-order valence-corrected chi connectivity index (χ3v) is 4.28. The van der Waals surface area contributed by atoms with Crippen LogP contribution >= 0.6 is 11.3 Å². The van der Waals surface area contributed by atoms with Gasteiger partial charge in [0.2, 0.25) is 0 Å². The highest BCUT2D eigenvalue weighted by molar-refractivity contribution is 7.13. The zero-order chi connectivity index (χ0) is 14.4. The molecule has 4 heteroatoms. The first-order valence-electron chi connectivity index (χ1n) is 7.16. The molecular formula is C16H21FN2S. The molecular weight excluding hydrogens is 271 g/mol. The standard InChI is InChI=1S/C16H21FN2S/c1-3-5-14(4-2)18-10-15-11-20-16(19-15)12-6-8-13(17)9-7-12/h6-9,11,14,18H,3-5,10H2,1-2H3. The van der Waals surface area contributed by atoms with Gasteiger partial charge < -0.3 is 5.32 Å². The molecule has 108 valence electrons. The maximum absolute atomic E-state index is 12.9. The fourth-order valence-electron chi connectivity index (χ4n) is 2.16. The fraction of sp³-hybridized carbons (Fsp3) is 0.438. The summed E-state index contributed by atoms with van der Waals surface area (Å²) in [7, 11) is 0. The molecule has 0 bridgehead atoms. The Morgan fingerprint density at radius 1 is 1.25 bits per heavy atom. The molecule has 2 nitrogen and oxygen atoms in total. The summed E-state index contributed by atoms with van der Waals surface area (Å²) in [6.45, 7) is 5.22. The van der Waals surface area contributed by atoms with Crippen LogP contribution in [0, 0.1) is 5.82 Å². The van der Waals surface area contributed by atoms with Crippen molar-refractivity contribution in [2.45, 2.75) is 45.7 Å². The van der Waals surface area contributed by atoms with Crippen molar-refractivity contribution in [2.24, 2.45) is 0 Å². The minimum atomic E-state index is -0.211. The van der Waals surface area contributed by atoms with Crippen LogP contribution in [0.3, 0.4) is 0 Å². The van der Waals surface area contributed by atoms with Crippen LogP contribution in [0.5, 0.6) is 0 Å². The summed E-state index contributed by atoms with van der Waals surface area (Å²) in [5.41, 5.74) is 2.03. The van der Waals surface area contributed by atoms with Crippen LogP contribution in [-0.4, -0.2) is 11.0 Å². The largest absolute Gasteiger partial charge is 0.308 e. The molecule has 0 saturated heterocycles. The zero-order valence-electron chi connectivity index (χ0n) is 12.0. The van der Waals surface area contributed by atoms with Gasteiger partial charge in [-0.05, 0) is 37.1 Å². The summed E-state index contributed by atoms with van der Waals surface area (Å²) in [6.07, 6.45) is 3.54. The molecule has 0 aliphatic carbocycles. The fourth-order valence-corrected chi connectivity index (χ4v) is 2.99. The number of aromatic nitrogens is 1. The Balaban J connectivity index is 1.96. The third kappa shape index (κ3) is 4.12. The molecule has 0 aliphatic rings. The second kappa shape index (κ2) is 7.50. The Morgan fingerprint density at radius 3 is 2.65 bits per heavy atom. The molecule has 1 unspecified atom stereocenters. The van der Waals surface area contributed by atoms with Gasteiger partial charge in [0.15, 0.2) is 0 Å². The second-order valence-electron chi connectivity index (χ2n) is 4.93. The first-order valence-corrected chi connectivity index (χ1v) is 8.04. The molecule has 0 saturated carbocycles. The van der Waals surface area contributed by atoms with E-state index in [-0.39, 0.29) is 5.82 Å². The van der Waals surface area contributed by atoms with Gasteiger partial charge in [0, 0.05) is 23.5 Å². The van der Waals surface area contributed by atoms with Gasteiger partial charge in [-0.3, -0.25) is 0 Å². The number of halogens is 1. The average molecular weight is 292 g/mol. The molecule has 1 heterocycles. The Kier molecular flexibility index (Phi) is 5.68. The molecule has 0 spiro atoms. The van der Waals surface area contributed by atoms with Crippen molar-refractivity contribution in [1.29, 1.82) is 0 Å². The minimum Gasteiger partial charge on any atom is -0.308 e. The van der Waals surface area contributed by atoms with Crippen molar-refractivity contribution in [1.82, 2.24) is 10.3 Å².